The van der Waals surface area contributed by atoms with Gasteiger partial charge in [-0.3, -0.25) is 4.79 Å². The first-order valence-corrected chi connectivity index (χ1v) is 5.96. The monoisotopic (exact) mass is 284 g/mol. The van der Waals surface area contributed by atoms with Crippen LogP contribution in [0, 0.1) is 0 Å². The van der Waals surface area contributed by atoms with E-state index in [-0.39, 0.29) is 6.54 Å². The minimum Gasteiger partial charge on any atom is -0.480 e. The Kier molecular flexibility index (Phi) is 3.33. The van der Waals surface area contributed by atoms with Gasteiger partial charge in [0.05, 0.1) is 11.4 Å². The van der Waals surface area contributed by atoms with Crippen molar-refractivity contribution in [3.05, 3.63) is 22.7 Å². The van der Waals surface area contributed by atoms with Crippen LogP contribution in [0.2, 0.25) is 0 Å². The predicted octanol–water partition coefficient (Wildman–Crippen LogP) is 2.16. The van der Waals surface area contributed by atoms with Gasteiger partial charge in [0.2, 0.25) is 0 Å². The second-order valence-corrected chi connectivity index (χ2v) is 4.67. The fourth-order valence-electron chi connectivity index (χ4n) is 1.87. The van der Waals surface area contributed by atoms with Crippen LogP contribution in [-0.4, -0.2) is 30.7 Å². The number of aliphatic carboxylic acids is 1. The fourth-order valence-corrected chi connectivity index (χ4v) is 2.23. The summed E-state index contributed by atoms with van der Waals surface area (Å²) in [5.74, 6) is -0.796. The molecule has 0 saturated heterocycles. The van der Waals surface area contributed by atoms with Gasteiger partial charge in [-0.25, -0.2) is 0 Å². The van der Waals surface area contributed by atoms with Gasteiger partial charge in [-0.1, -0.05) is 15.9 Å². The first kappa shape index (κ1) is 11.3. The van der Waals surface area contributed by atoms with Gasteiger partial charge < -0.3 is 15.3 Å². The van der Waals surface area contributed by atoms with E-state index in [0.29, 0.717) is 0 Å². The molecule has 0 atom stereocenters. The van der Waals surface area contributed by atoms with Gasteiger partial charge in [0.15, 0.2) is 0 Å². The van der Waals surface area contributed by atoms with Gasteiger partial charge in [0.1, 0.15) is 6.54 Å². The minimum absolute atomic E-state index is 0.0519. The Balaban J connectivity index is 2.32. The molecule has 1 aliphatic heterocycles. The van der Waals surface area contributed by atoms with Crippen molar-refractivity contribution in [3.63, 3.8) is 0 Å². The second-order valence-electron chi connectivity index (χ2n) is 3.76. The van der Waals surface area contributed by atoms with Crippen LogP contribution in [0.4, 0.5) is 11.4 Å². The molecule has 1 heterocycles. The van der Waals surface area contributed by atoms with E-state index in [1.165, 1.54) is 0 Å². The highest BCUT2D eigenvalue weighted by molar-refractivity contribution is 9.10. The van der Waals surface area contributed by atoms with Gasteiger partial charge in [-0.2, -0.15) is 0 Å². The molecule has 1 aromatic carbocycles. The average Bonchev–Trinajstić information content (AvgIpc) is 2.40. The zero-order chi connectivity index (χ0) is 11.5. The van der Waals surface area contributed by atoms with Crippen molar-refractivity contribution in [1.29, 1.82) is 0 Å². The number of hydrogen-bond donors (Lipinski definition) is 2. The number of halogens is 1. The topological polar surface area (TPSA) is 52.6 Å². The molecule has 0 fully saturated rings. The first-order chi connectivity index (χ1) is 7.66. The second kappa shape index (κ2) is 4.74. The number of hydrogen-bond acceptors (Lipinski definition) is 3. The molecular weight excluding hydrogens is 272 g/mol. The summed E-state index contributed by atoms with van der Waals surface area (Å²) in [7, 11) is 0. The van der Waals surface area contributed by atoms with Crippen molar-refractivity contribution < 1.29 is 9.90 Å². The van der Waals surface area contributed by atoms with Crippen LogP contribution >= 0.6 is 15.9 Å². The van der Waals surface area contributed by atoms with Crippen LogP contribution in [0.1, 0.15) is 6.42 Å². The third-order valence-corrected chi connectivity index (χ3v) is 3.04. The van der Waals surface area contributed by atoms with Crippen LogP contribution < -0.4 is 10.2 Å². The Labute approximate surface area is 102 Å². The van der Waals surface area contributed by atoms with Gasteiger partial charge in [0, 0.05) is 17.6 Å². The van der Waals surface area contributed by atoms with E-state index in [1.807, 2.05) is 23.1 Å². The summed E-state index contributed by atoms with van der Waals surface area (Å²) in [5.41, 5.74) is 1.95. The normalized spacial score (nSPS) is 14.9. The van der Waals surface area contributed by atoms with Gasteiger partial charge in [0.25, 0.3) is 0 Å². The zero-order valence-electron chi connectivity index (χ0n) is 8.74. The number of carboxylic acid groups (broad SMARTS) is 1. The molecule has 4 nitrogen and oxygen atoms in total. The lowest BCUT2D eigenvalue weighted by atomic mass is 10.2. The van der Waals surface area contributed by atoms with Crippen molar-refractivity contribution in [3.8, 4) is 0 Å². The molecule has 1 aliphatic rings. The smallest absolute Gasteiger partial charge is 0.323 e. The number of anilines is 2. The molecule has 1 aromatic rings. The van der Waals surface area contributed by atoms with Crippen LogP contribution in [0.3, 0.4) is 0 Å². The van der Waals surface area contributed by atoms with E-state index < -0.39 is 5.97 Å². The predicted molar refractivity (Wildman–Crippen MR) is 67.1 cm³/mol. The highest BCUT2D eigenvalue weighted by Gasteiger charge is 2.17. The highest BCUT2D eigenvalue weighted by atomic mass is 79.9. The zero-order valence-corrected chi connectivity index (χ0v) is 10.3. The summed E-state index contributed by atoms with van der Waals surface area (Å²) in [4.78, 5) is 12.7. The van der Waals surface area contributed by atoms with E-state index in [2.05, 4.69) is 21.2 Å². The highest BCUT2D eigenvalue weighted by Crippen LogP contribution is 2.31. The molecule has 0 bridgehead atoms. The Morgan fingerprint density at radius 1 is 1.56 bits per heavy atom. The molecule has 86 valence electrons. The van der Waals surface area contributed by atoms with E-state index in [0.717, 1.165) is 35.4 Å². The number of benzene rings is 1. The summed E-state index contributed by atoms with van der Waals surface area (Å²) >= 11 is 3.41. The van der Waals surface area contributed by atoms with Crippen molar-refractivity contribution >= 4 is 33.3 Å². The lowest BCUT2D eigenvalue weighted by Gasteiger charge is -2.22. The molecule has 0 aliphatic carbocycles. The molecule has 2 rings (SSSR count). The summed E-state index contributed by atoms with van der Waals surface area (Å²) < 4.78 is 0.996. The quantitative estimate of drug-likeness (QED) is 0.874. The maximum atomic E-state index is 10.8. The van der Waals surface area contributed by atoms with E-state index in [9.17, 15) is 4.79 Å². The van der Waals surface area contributed by atoms with Gasteiger partial charge >= 0.3 is 5.97 Å². The van der Waals surface area contributed by atoms with Crippen molar-refractivity contribution in [2.75, 3.05) is 29.9 Å². The van der Waals surface area contributed by atoms with Crippen molar-refractivity contribution in [2.24, 2.45) is 0 Å². The lowest BCUT2D eigenvalue weighted by molar-refractivity contribution is -0.135. The summed E-state index contributed by atoms with van der Waals surface area (Å²) in [6.07, 6.45) is 0.944. The maximum absolute atomic E-state index is 10.8. The number of fused-ring (bicyclic) bond motifs is 1. The molecule has 0 spiro atoms. The molecule has 16 heavy (non-hydrogen) atoms. The Bertz CT molecular complexity index is 409. The summed E-state index contributed by atoms with van der Waals surface area (Å²) in [5, 5.41) is 12.2. The Morgan fingerprint density at radius 3 is 3.12 bits per heavy atom. The molecular formula is C11H13BrN2O2. The van der Waals surface area contributed by atoms with Gasteiger partial charge in [-0.15, -0.1) is 0 Å². The van der Waals surface area contributed by atoms with Crippen molar-refractivity contribution in [2.45, 2.75) is 6.42 Å². The maximum Gasteiger partial charge on any atom is 0.323 e. The van der Waals surface area contributed by atoms with Crippen molar-refractivity contribution in [1.82, 2.24) is 0 Å². The number of nitrogens with one attached hydrogen (secondary N) is 1. The van der Waals surface area contributed by atoms with Crippen LogP contribution in [0.15, 0.2) is 22.7 Å². The van der Waals surface area contributed by atoms with Gasteiger partial charge in [-0.05, 0) is 24.6 Å². The summed E-state index contributed by atoms with van der Waals surface area (Å²) in [6, 6.07) is 5.86. The lowest BCUT2D eigenvalue weighted by Crippen LogP contribution is -2.30. The molecule has 2 N–H and O–H groups in total. The molecule has 0 amide bonds. The number of nitrogens with zero attached hydrogens (tertiary/aromatic N) is 1. The van der Waals surface area contributed by atoms with E-state index in [1.54, 1.807) is 0 Å². The molecule has 0 radical (unpaired) electrons. The third kappa shape index (κ3) is 2.47. The fraction of sp³-hybridized carbons (Fsp3) is 0.364. The Hall–Kier alpha value is -1.23. The average molecular weight is 285 g/mol. The Morgan fingerprint density at radius 2 is 2.38 bits per heavy atom. The van der Waals surface area contributed by atoms with Crippen LogP contribution in [0.25, 0.3) is 0 Å². The van der Waals surface area contributed by atoms with E-state index in [4.69, 9.17) is 5.11 Å². The molecule has 5 heteroatoms. The molecule has 0 unspecified atom stereocenters. The minimum atomic E-state index is -0.796. The largest absolute Gasteiger partial charge is 0.480 e. The van der Waals surface area contributed by atoms with Crippen LogP contribution in [0.5, 0.6) is 0 Å². The first-order valence-electron chi connectivity index (χ1n) is 5.17. The third-order valence-electron chi connectivity index (χ3n) is 2.55. The molecule has 0 saturated carbocycles. The SMILES string of the molecule is O=C(O)CN1CCCNc2cc(Br)ccc21. The summed E-state index contributed by atoms with van der Waals surface area (Å²) in [6.45, 7) is 1.70. The number of rotatable bonds is 2. The number of carboxylic acids is 1. The standard InChI is InChI=1S/C11H13BrN2O2/c12-8-2-3-10-9(6-8)13-4-1-5-14(10)7-11(15)16/h2-3,6,13H,1,4-5,7H2,(H,15,16). The number of carbonyl (C=O) groups is 1. The van der Waals surface area contributed by atoms with E-state index >= 15 is 0 Å². The molecule has 0 aromatic heterocycles. The van der Waals surface area contributed by atoms with Crippen LogP contribution in [-0.2, 0) is 4.79 Å².